The molecule has 1 aliphatic rings. The van der Waals surface area contributed by atoms with E-state index in [9.17, 15) is 5.26 Å². The van der Waals surface area contributed by atoms with Crippen LogP contribution >= 0.6 is 0 Å². The molecule has 4 rings (SSSR count). The average molecular weight is 356 g/mol. The first-order valence-corrected chi connectivity index (χ1v) is 9.01. The second kappa shape index (κ2) is 7.92. The molecule has 27 heavy (non-hydrogen) atoms. The molecule has 1 atom stereocenters. The molecule has 4 nitrogen and oxygen atoms in total. The topological polar surface area (TPSA) is 53.6 Å². The predicted molar refractivity (Wildman–Crippen MR) is 110 cm³/mol. The van der Waals surface area contributed by atoms with Crippen molar-refractivity contribution in [3.05, 3.63) is 90.5 Å². The fourth-order valence-corrected chi connectivity index (χ4v) is 3.84. The lowest BCUT2D eigenvalue weighted by molar-refractivity contribution is 0.585. The Kier molecular flexibility index (Phi) is 5.42. The van der Waals surface area contributed by atoms with Crippen LogP contribution in [0.15, 0.2) is 68.0 Å². The lowest BCUT2D eigenvalue weighted by Gasteiger charge is -2.15. The molecule has 3 aromatic rings. The number of aromatic nitrogens is 2. The van der Waals surface area contributed by atoms with Crippen molar-refractivity contribution >= 4 is 10.9 Å². The number of rotatable bonds is 4. The first-order chi connectivity index (χ1) is 13.2. The third-order valence-corrected chi connectivity index (χ3v) is 4.80. The van der Waals surface area contributed by atoms with Crippen LogP contribution < -0.4 is 5.32 Å². The predicted octanol–water partition coefficient (Wildman–Crippen LogP) is 4.35. The summed E-state index contributed by atoms with van der Waals surface area (Å²) in [4.78, 5) is 4.48. The third kappa shape index (κ3) is 3.63. The van der Waals surface area contributed by atoms with Gasteiger partial charge in [-0.3, -0.25) is 4.98 Å². The molecular formula is C23H24N4. The number of benzene rings is 1. The zero-order valence-corrected chi connectivity index (χ0v) is 15.7. The fraction of sp³-hybridized carbons (Fsp3) is 0.217. The lowest BCUT2D eigenvalue weighted by Crippen LogP contribution is -2.28. The highest BCUT2D eigenvalue weighted by Gasteiger charge is 2.28. The SMILES string of the molecule is C=C.C=C(C)N[C@H]1Cc2c(n(Cc3ccccn3)c3ccc(C#N)cc23)C1. The van der Waals surface area contributed by atoms with Gasteiger partial charge in [-0.1, -0.05) is 12.6 Å². The van der Waals surface area contributed by atoms with Gasteiger partial charge in [-0.15, -0.1) is 13.2 Å². The van der Waals surface area contributed by atoms with Crippen molar-refractivity contribution in [1.29, 1.82) is 5.26 Å². The van der Waals surface area contributed by atoms with E-state index in [2.05, 4.69) is 52.8 Å². The standard InChI is InChI=1S/C21H20N4.C2H4/c1-14(2)24-17-10-19-18-9-15(12-22)6-7-20(18)25(21(19)11-17)13-16-5-3-4-8-23-16;1-2/h3-9,17,24H,1,10-11,13H2,2H3;1-2H2/t17-;/m0./s1. The van der Waals surface area contributed by atoms with Crippen molar-refractivity contribution in [2.45, 2.75) is 32.4 Å². The fourth-order valence-electron chi connectivity index (χ4n) is 3.84. The summed E-state index contributed by atoms with van der Waals surface area (Å²) in [6, 6.07) is 14.6. The Morgan fingerprint density at radius 2 is 2.11 bits per heavy atom. The van der Waals surface area contributed by atoms with E-state index in [4.69, 9.17) is 0 Å². The maximum atomic E-state index is 9.27. The first-order valence-electron chi connectivity index (χ1n) is 9.01. The number of nitriles is 1. The largest absolute Gasteiger partial charge is 0.386 e. The first kappa shape index (κ1) is 18.5. The Morgan fingerprint density at radius 3 is 2.78 bits per heavy atom. The van der Waals surface area contributed by atoms with E-state index in [-0.39, 0.29) is 0 Å². The van der Waals surface area contributed by atoms with E-state index >= 15 is 0 Å². The van der Waals surface area contributed by atoms with E-state index in [1.165, 1.54) is 22.2 Å². The summed E-state index contributed by atoms with van der Waals surface area (Å²) in [6.45, 7) is 12.7. The second-order valence-electron chi connectivity index (χ2n) is 6.71. The van der Waals surface area contributed by atoms with Gasteiger partial charge < -0.3 is 9.88 Å². The van der Waals surface area contributed by atoms with Crippen LogP contribution in [0.4, 0.5) is 0 Å². The van der Waals surface area contributed by atoms with Crippen LogP contribution in [0.3, 0.4) is 0 Å². The van der Waals surface area contributed by atoms with Gasteiger partial charge in [0, 0.05) is 41.0 Å². The van der Waals surface area contributed by atoms with Gasteiger partial charge in [-0.25, -0.2) is 0 Å². The van der Waals surface area contributed by atoms with Crippen LogP contribution in [0.1, 0.15) is 29.4 Å². The van der Waals surface area contributed by atoms with Gasteiger partial charge in [0.1, 0.15) is 0 Å². The highest BCUT2D eigenvalue weighted by atomic mass is 15.0. The minimum atomic E-state index is 0.368. The summed E-state index contributed by atoms with van der Waals surface area (Å²) >= 11 is 0. The monoisotopic (exact) mass is 356 g/mol. The molecule has 4 heteroatoms. The number of allylic oxidation sites excluding steroid dienone is 1. The Morgan fingerprint density at radius 1 is 1.30 bits per heavy atom. The quantitative estimate of drug-likeness (QED) is 0.707. The molecule has 136 valence electrons. The van der Waals surface area contributed by atoms with Gasteiger partial charge in [0.05, 0.1) is 23.9 Å². The number of hydrogen-bond donors (Lipinski definition) is 1. The van der Waals surface area contributed by atoms with Crippen LogP contribution in [-0.4, -0.2) is 15.6 Å². The van der Waals surface area contributed by atoms with E-state index in [0.717, 1.165) is 30.8 Å². The third-order valence-electron chi connectivity index (χ3n) is 4.80. The highest BCUT2D eigenvalue weighted by Crippen LogP contribution is 2.34. The second-order valence-corrected chi connectivity index (χ2v) is 6.71. The van der Waals surface area contributed by atoms with Gasteiger partial charge >= 0.3 is 0 Å². The number of nitrogens with one attached hydrogen (secondary N) is 1. The van der Waals surface area contributed by atoms with Crippen LogP contribution in [0.5, 0.6) is 0 Å². The molecular weight excluding hydrogens is 332 g/mol. The molecule has 0 fully saturated rings. The van der Waals surface area contributed by atoms with E-state index in [1.54, 1.807) is 0 Å². The minimum Gasteiger partial charge on any atom is -0.386 e. The van der Waals surface area contributed by atoms with E-state index in [0.29, 0.717) is 11.6 Å². The molecule has 0 saturated carbocycles. The maximum Gasteiger partial charge on any atom is 0.0991 e. The summed E-state index contributed by atoms with van der Waals surface area (Å²) in [6.07, 6.45) is 3.76. The van der Waals surface area contributed by atoms with Crippen molar-refractivity contribution in [2.24, 2.45) is 0 Å². The van der Waals surface area contributed by atoms with Crippen LogP contribution in [0.25, 0.3) is 10.9 Å². The van der Waals surface area contributed by atoms with E-state index in [1.807, 2.05) is 37.4 Å². The maximum absolute atomic E-state index is 9.27. The van der Waals surface area contributed by atoms with Gasteiger partial charge in [0.25, 0.3) is 0 Å². The Bertz CT molecular complexity index is 1010. The Balaban J connectivity index is 0.00000102. The molecule has 0 unspecified atom stereocenters. The lowest BCUT2D eigenvalue weighted by atomic mass is 10.1. The molecule has 2 heterocycles. The van der Waals surface area contributed by atoms with Crippen LogP contribution in [-0.2, 0) is 19.4 Å². The molecule has 0 aliphatic heterocycles. The van der Waals surface area contributed by atoms with Crippen molar-refractivity contribution in [2.75, 3.05) is 0 Å². The highest BCUT2D eigenvalue weighted by molar-refractivity contribution is 5.87. The summed E-state index contributed by atoms with van der Waals surface area (Å²) in [5.41, 5.74) is 6.62. The van der Waals surface area contributed by atoms with Crippen LogP contribution in [0.2, 0.25) is 0 Å². The summed E-state index contributed by atoms with van der Waals surface area (Å²) in [5, 5.41) is 13.9. The van der Waals surface area contributed by atoms with Gasteiger partial charge in [-0.2, -0.15) is 5.26 Å². The van der Waals surface area contributed by atoms with Crippen molar-refractivity contribution in [1.82, 2.24) is 14.9 Å². The molecule has 0 bridgehead atoms. The van der Waals surface area contributed by atoms with Crippen molar-refractivity contribution in [3.63, 3.8) is 0 Å². The molecule has 2 aromatic heterocycles. The van der Waals surface area contributed by atoms with E-state index < -0.39 is 0 Å². The molecule has 1 N–H and O–H groups in total. The summed E-state index contributed by atoms with van der Waals surface area (Å²) < 4.78 is 2.36. The number of fused-ring (bicyclic) bond motifs is 3. The van der Waals surface area contributed by atoms with Crippen LogP contribution in [0, 0.1) is 11.3 Å². The summed E-state index contributed by atoms with van der Waals surface area (Å²) in [7, 11) is 0. The zero-order chi connectivity index (χ0) is 19.4. The zero-order valence-electron chi connectivity index (χ0n) is 15.7. The van der Waals surface area contributed by atoms with Crippen molar-refractivity contribution < 1.29 is 0 Å². The molecule has 0 radical (unpaired) electrons. The molecule has 0 spiro atoms. The van der Waals surface area contributed by atoms with Gasteiger partial charge in [-0.05, 0) is 49.2 Å². The molecule has 0 amide bonds. The number of pyridine rings is 1. The summed E-state index contributed by atoms with van der Waals surface area (Å²) in [5.74, 6) is 0. The van der Waals surface area contributed by atoms with Gasteiger partial charge in [0.2, 0.25) is 0 Å². The normalized spacial score (nSPS) is 14.7. The minimum absolute atomic E-state index is 0.368. The number of hydrogen-bond acceptors (Lipinski definition) is 3. The Hall–Kier alpha value is -3.32. The molecule has 0 saturated heterocycles. The molecule has 1 aliphatic carbocycles. The Labute approximate surface area is 160 Å². The number of nitrogens with zero attached hydrogens (tertiary/aromatic N) is 3. The molecule has 1 aromatic carbocycles. The van der Waals surface area contributed by atoms with Gasteiger partial charge in [0.15, 0.2) is 0 Å². The average Bonchev–Trinajstić information content (AvgIpc) is 3.21. The smallest absolute Gasteiger partial charge is 0.0991 e. The van der Waals surface area contributed by atoms with Crippen molar-refractivity contribution in [3.8, 4) is 6.07 Å².